The lowest BCUT2D eigenvalue weighted by Crippen LogP contribution is -2.56. The SMILES string of the molecule is CCOC(=O)[C@H](CCc1ccccc1)N[C@@H](C)C(=O)N1Cc2ccccc2C[C@H]1C(=O)O.[Mg]. The number of amides is 1. The van der Waals surface area contributed by atoms with Crippen molar-refractivity contribution >= 4 is 40.9 Å². The number of benzene rings is 2. The van der Waals surface area contributed by atoms with Gasteiger partial charge in [0.2, 0.25) is 5.91 Å². The Morgan fingerprint density at radius 2 is 1.73 bits per heavy atom. The minimum absolute atomic E-state index is 0. The molecule has 0 saturated heterocycles. The molecule has 1 aliphatic heterocycles. The van der Waals surface area contributed by atoms with Gasteiger partial charge in [0, 0.05) is 36.0 Å². The van der Waals surface area contributed by atoms with E-state index < -0.39 is 30.1 Å². The number of rotatable bonds is 9. The largest absolute Gasteiger partial charge is 0.480 e. The Bertz CT molecular complexity index is 953. The fraction of sp³-hybridized carbons (Fsp3) is 0.400. The van der Waals surface area contributed by atoms with E-state index in [1.807, 2.05) is 54.6 Å². The summed E-state index contributed by atoms with van der Waals surface area (Å²) in [6.45, 7) is 3.88. The van der Waals surface area contributed by atoms with Gasteiger partial charge in [-0.3, -0.25) is 14.9 Å². The molecular formula is C25H30MgN2O5. The zero-order valence-corrected chi connectivity index (χ0v) is 20.6. The van der Waals surface area contributed by atoms with E-state index in [1.165, 1.54) is 4.90 Å². The number of aryl methyl sites for hydroxylation is 1. The highest BCUT2D eigenvalue weighted by molar-refractivity contribution is 5.88. The van der Waals surface area contributed by atoms with Crippen LogP contribution in [0.25, 0.3) is 0 Å². The Kier molecular flexibility index (Phi) is 10.3. The second-order valence-corrected chi connectivity index (χ2v) is 8.01. The van der Waals surface area contributed by atoms with Crippen molar-refractivity contribution in [2.24, 2.45) is 0 Å². The van der Waals surface area contributed by atoms with Crippen LogP contribution in [0.4, 0.5) is 0 Å². The maximum absolute atomic E-state index is 13.3. The van der Waals surface area contributed by atoms with Crippen molar-refractivity contribution in [3.8, 4) is 0 Å². The summed E-state index contributed by atoms with van der Waals surface area (Å²) in [5.41, 5.74) is 2.97. The molecule has 33 heavy (non-hydrogen) atoms. The third-order valence-electron chi connectivity index (χ3n) is 5.77. The van der Waals surface area contributed by atoms with Gasteiger partial charge in [0.05, 0.1) is 12.6 Å². The average Bonchev–Trinajstić information content (AvgIpc) is 2.80. The van der Waals surface area contributed by atoms with E-state index in [0.717, 1.165) is 16.7 Å². The first kappa shape index (κ1) is 26.8. The van der Waals surface area contributed by atoms with E-state index in [1.54, 1.807) is 13.8 Å². The average molecular weight is 463 g/mol. The summed E-state index contributed by atoms with van der Waals surface area (Å²) in [7, 11) is 0. The van der Waals surface area contributed by atoms with Crippen molar-refractivity contribution in [1.29, 1.82) is 0 Å². The summed E-state index contributed by atoms with van der Waals surface area (Å²) < 4.78 is 5.20. The highest BCUT2D eigenvalue weighted by Gasteiger charge is 2.37. The number of hydrogen-bond acceptors (Lipinski definition) is 5. The molecule has 3 rings (SSSR count). The van der Waals surface area contributed by atoms with E-state index in [9.17, 15) is 19.5 Å². The first-order chi connectivity index (χ1) is 15.4. The van der Waals surface area contributed by atoms with Crippen molar-refractivity contribution in [2.75, 3.05) is 6.61 Å². The Labute approximate surface area is 210 Å². The highest BCUT2D eigenvalue weighted by atomic mass is 24.3. The molecule has 2 aromatic rings. The maximum atomic E-state index is 13.3. The lowest BCUT2D eigenvalue weighted by Gasteiger charge is -2.36. The van der Waals surface area contributed by atoms with Crippen LogP contribution < -0.4 is 5.32 Å². The molecule has 8 heteroatoms. The number of carboxylic acids is 1. The molecule has 172 valence electrons. The van der Waals surface area contributed by atoms with Crippen LogP contribution in [-0.2, 0) is 38.5 Å². The molecular weight excluding hydrogens is 433 g/mol. The Morgan fingerprint density at radius 3 is 2.36 bits per heavy atom. The van der Waals surface area contributed by atoms with Crippen LogP contribution in [0.15, 0.2) is 54.6 Å². The summed E-state index contributed by atoms with van der Waals surface area (Å²) in [5.74, 6) is -1.80. The second-order valence-electron chi connectivity index (χ2n) is 8.01. The van der Waals surface area contributed by atoms with Crippen molar-refractivity contribution in [3.05, 3.63) is 71.3 Å². The topological polar surface area (TPSA) is 95.9 Å². The first-order valence-electron chi connectivity index (χ1n) is 11.0. The van der Waals surface area contributed by atoms with E-state index in [2.05, 4.69) is 5.32 Å². The van der Waals surface area contributed by atoms with E-state index in [4.69, 9.17) is 4.74 Å². The summed E-state index contributed by atoms with van der Waals surface area (Å²) >= 11 is 0. The zero-order valence-electron chi connectivity index (χ0n) is 19.2. The second kappa shape index (κ2) is 12.7. The van der Waals surface area contributed by atoms with Crippen LogP contribution in [0.5, 0.6) is 0 Å². The number of carbonyl (C=O) groups is 3. The number of esters is 1. The number of aliphatic carboxylic acids is 1. The molecule has 0 unspecified atom stereocenters. The van der Waals surface area contributed by atoms with Crippen molar-refractivity contribution in [1.82, 2.24) is 10.2 Å². The van der Waals surface area contributed by atoms with Gasteiger partial charge >= 0.3 is 11.9 Å². The van der Waals surface area contributed by atoms with Crippen LogP contribution in [0, 0.1) is 0 Å². The van der Waals surface area contributed by atoms with Crippen LogP contribution in [0.3, 0.4) is 0 Å². The van der Waals surface area contributed by atoms with Crippen LogP contribution in [0.2, 0.25) is 0 Å². The van der Waals surface area contributed by atoms with Gasteiger partial charge in [0.15, 0.2) is 0 Å². The number of fused-ring (bicyclic) bond motifs is 1. The van der Waals surface area contributed by atoms with Gasteiger partial charge < -0.3 is 14.7 Å². The summed E-state index contributed by atoms with van der Waals surface area (Å²) in [4.78, 5) is 39.1. The molecule has 1 aliphatic rings. The Morgan fingerprint density at radius 1 is 1.09 bits per heavy atom. The van der Waals surface area contributed by atoms with Gasteiger partial charge in [-0.1, -0.05) is 54.6 Å². The zero-order chi connectivity index (χ0) is 23.1. The highest BCUT2D eigenvalue weighted by Crippen LogP contribution is 2.24. The van der Waals surface area contributed by atoms with Crippen LogP contribution >= 0.6 is 0 Å². The standard InChI is InChI=1S/C25H30N2O5.Mg/c1-3-32-25(31)21(14-13-18-9-5-4-6-10-18)26-17(2)23(28)27-16-20-12-8-7-11-19(20)15-22(27)24(29)30;/h4-12,17,21-22,26H,3,13-16H2,1-2H3,(H,29,30);/t17-,21-,22-;/m0./s1. The fourth-order valence-corrected chi connectivity index (χ4v) is 4.06. The molecule has 0 saturated carbocycles. The number of nitrogens with one attached hydrogen (secondary N) is 1. The van der Waals surface area contributed by atoms with E-state index in [0.29, 0.717) is 12.8 Å². The molecule has 2 radical (unpaired) electrons. The summed E-state index contributed by atoms with van der Waals surface area (Å²) in [6.07, 6.45) is 1.37. The minimum atomic E-state index is -1.04. The van der Waals surface area contributed by atoms with Crippen LogP contribution in [-0.4, -0.2) is 75.6 Å². The van der Waals surface area contributed by atoms with Crippen molar-refractivity contribution in [2.45, 2.75) is 57.8 Å². The number of carbonyl (C=O) groups excluding carboxylic acids is 2. The third-order valence-corrected chi connectivity index (χ3v) is 5.77. The van der Waals surface area contributed by atoms with Gasteiger partial charge in [-0.2, -0.15) is 0 Å². The number of ether oxygens (including phenoxy) is 1. The molecule has 0 aromatic heterocycles. The Balaban J connectivity index is 0.00000385. The summed E-state index contributed by atoms with van der Waals surface area (Å²) in [6, 6.07) is 15.0. The number of nitrogens with zero attached hydrogens (tertiary/aromatic N) is 1. The fourth-order valence-electron chi connectivity index (χ4n) is 4.06. The van der Waals surface area contributed by atoms with E-state index >= 15 is 0 Å². The third kappa shape index (κ3) is 7.03. The molecule has 0 spiro atoms. The molecule has 3 atom stereocenters. The quantitative estimate of drug-likeness (QED) is 0.438. The van der Waals surface area contributed by atoms with Crippen molar-refractivity contribution < 1.29 is 24.2 Å². The van der Waals surface area contributed by atoms with Gasteiger partial charge in [0.1, 0.15) is 12.1 Å². The van der Waals surface area contributed by atoms with Crippen LogP contribution in [0.1, 0.15) is 37.0 Å². The predicted octanol–water partition coefficient (Wildman–Crippen LogP) is 2.19. The summed E-state index contributed by atoms with van der Waals surface area (Å²) in [5, 5.41) is 12.8. The number of carboxylic acid groups (broad SMARTS) is 1. The predicted molar refractivity (Wildman–Crippen MR) is 126 cm³/mol. The molecule has 7 nitrogen and oxygen atoms in total. The molecule has 1 amide bonds. The van der Waals surface area contributed by atoms with Gasteiger partial charge in [-0.15, -0.1) is 0 Å². The monoisotopic (exact) mass is 462 g/mol. The van der Waals surface area contributed by atoms with Crippen molar-refractivity contribution in [3.63, 3.8) is 0 Å². The molecule has 0 fully saturated rings. The molecule has 2 N–H and O–H groups in total. The smallest absolute Gasteiger partial charge is 0.326 e. The van der Waals surface area contributed by atoms with Gasteiger partial charge in [-0.05, 0) is 43.4 Å². The lowest BCUT2D eigenvalue weighted by molar-refractivity contribution is -0.153. The molecule has 2 aromatic carbocycles. The normalized spacial score (nSPS) is 16.7. The number of hydrogen-bond donors (Lipinski definition) is 2. The lowest BCUT2D eigenvalue weighted by atomic mass is 9.93. The molecule has 1 heterocycles. The van der Waals surface area contributed by atoms with Gasteiger partial charge in [-0.25, -0.2) is 4.79 Å². The first-order valence-corrected chi connectivity index (χ1v) is 11.0. The van der Waals surface area contributed by atoms with Gasteiger partial charge in [0.25, 0.3) is 0 Å². The molecule has 0 bridgehead atoms. The maximum Gasteiger partial charge on any atom is 0.326 e. The minimum Gasteiger partial charge on any atom is -0.480 e. The molecule has 0 aliphatic carbocycles. The Hall–Kier alpha value is -2.42. The van der Waals surface area contributed by atoms with E-state index in [-0.39, 0.29) is 48.5 Å².